The first-order chi connectivity index (χ1) is 14.5. The molecule has 7 nitrogen and oxygen atoms in total. The Morgan fingerprint density at radius 3 is 2.67 bits per heavy atom. The zero-order valence-corrected chi connectivity index (χ0v) is 17.0. The van der Waals surface area contributed by atoms with Gasteiger partial charge in [0.1, 0.15) is 5.75 Å². The number of para-hydroxylation sites is 1. The molecule has 3 rings (SSSR count). The van der Waals surface area contributed by atoms with Crippen LogP contribution in [0.2, 0.25) is 0 Å². The summed E-state index contributed by atoms with van der Waals surface area (Å²) in [5, 5.41) is 8.81. The topological polar surface area (TPSA) is 96.7 Å². The number of nitrogens with zero attached hydrogens (tertiary/aromatic N) is 2. The highest BCUT2D eigenvalue weighted by molar-refractivity contribution is 8.18. The smallest absolute Gasteiger partial charge is 0.344 e. The molecule has 0 bridgehead atoms. The Morgan fingerprint density at radius 2 is 1.90 bits per heavy atom. The second kappa shape index (κ2) is 9.76. The highest BCUT2D eigenvalue weighted by Crippen LogP contribution is 2.35. The van der Waals surface area contributed by atoms with Crippen LogP contribution < -0.4 is 4.74 Å². The molecule has 0 radical (unpaired) electrons. The van der Waals surface area contributed by atoms with E-state index >= 15 is 0 Å². The van der Waals surface area contributed by atoms with Gasteiger partial charge in [-0.05, 0) is 42.5 Å². The Morgan fingerprint density at radius 1 is 1.17 bits per heavy atom. The van der Waals surface area contributed by atoms with Crippen molar-refractivity contribution < 1.29 is 23.9 Å². The number of nitriles is 1. The Balaban J connectivity index is 1.79. The third-order valence-corrected chi connectivity index (χ3v) is 5.10. The van der Waals surface area contributed by atoms with Crippen LogP contribution in [0.15, 0.2) is 53.4 Å². The summed E-state index contributed by atoms with van der Waals surface area (Å²) in [4.78, 5) is 38.1. The molecule has 30 heavy (non-hydrogen) atoms. The summed E-state index contributed by atoms with van der Waals surface area (Å²) < 4.78 is 10.3. The molecule has 0 atom stereocenters. The number of amides is 2. The maximum Gasteiger partial charge on any atom is 0.344 e. The molecule has 0 spiro atoms. The number of carbonyl (C=O) groups is 3. The molecule has 2 aromatic rings. The van der Waals surface area contributed by atoms with Crippen LogP contribution in [0.4, 0.5) is 4.79 Å². The van der Waals surface area contributed by atoms with Crippen LogP contribution in [0.5, 0.6) is 5.75 Å². The number of ether oxygens (including phenoxy) is 2. The molecular weight excluding hydrogens is 404 g/mol. The van der Waals surface area contributed by atoms with Crippen molar-refractivity contribution in [3.8, 4) is 11.8 Å². The van der Waals surface area contributed by atoms with Crippen molar-refractivity contribution in [3.63, 3.8) is 0 Å². The summed E-state index contributed by atoms with van der Waals surface area (Å²) in [5.74, 6) is -0.547. The number of carbonyl (C=O) groups excluding carboxylic acids is 3. The fourth-order valence-electron chi connectivity index (χ4n) is 2.79. The zero-order valence-electron chi connectivity index (χ0n) is 16.2. The number of rotatable bonds is 7. The zero-order chi connectivity index (χ0) is 21.5. The van der Waals surface area contributed by atoms with Gasteiger partial charge >= 0.3 is 5.97 Å². The van der Waals surface area contributed by atoms with E-state index in [1.165, 1.54) is 0 Å². The van der Waals surface area contributed by atoms with Crippen LogP contribution in [-0.4, -0.2) is 35.2 Å². The van der Waals surface area contributed by atoms with E-state index in [1.807, 2.05) is 0 Å². The van der Waals surface area contributed by atoms with E-state index < -0.39 is 17.1 Å². The van der Waals surface area contributed by atoms with Gasteiger partial charge in [-0.1, -0.05) is 36.4 Å². The normalized spacial score (nSPS) is 14.7. The lowest BCUT2D eigenvalue weighted by atomic mass is 10.1. The Hall–Kier alpha value is -3.57. The molecule has 0 aromatic heterocycles. The van der Waals surface area contributed by atoms with Crippen molar-refractivity contribution >= 4 is 35.0 Å². The van der Waals surface area contributed by atoms with Gasteiger partial charge in [-0.25, -0.2) is 4.79 Å². The number of thioether (sulfide) groups is 1. The van der Waals surface area contributed by atoms with Gasteiger partial charge < -0.3 is 9.47 Å². The fraction of sp³-hybridized carbons (Fsp3) is 0.182. The average Bonchev–Trinajstić information content (AvgIpc) is 3.01. The minimum absolute atomic E-state index is 0.0206. The maximum atomic E-state index is 12.8. The molecule has 1 aliphatic heterocycles. The molecule has 0 saturated carbocycles. The quantitative estimate of drug-likeness (QED) is 0.495. The fourth-order valence-corrected chi connectivity index (χ4v) is 3.61. The molecule has 1 saturated heterocycles. The summed E-state index contributed by atoms with van der Waals surface area (Å²) in [7, 11) is 0. The van der Waals surface area contributed by atoms with Crippen LogP contribution in [0.25, 0.3) is 6.08 Å². The van der Waals surface area contributed by atoms with E-state index in [4.69, 9.17) is 9.47 Å². The highest BCUT2D eigenvalue weighted by Gasteiger charge is 2.35. The summed E-state index contributed by atoms with van der Waals surface area (Å²) in [5.41, 5.74) is 1.57. The number of imide groups is 1. The Labute approximate surface area is 177 Å². The standard InChI is InChI=1S/C22H18N2O5S/c1-2-28-20(25)14-29-18-10-6-5-7-15(18)11-19-21(26)24(22(27)30-19)13-17-9-4-3-8-16(17)12-23/h3-11H,2,13-14H2,1H3/b19-11+. The lowest BCUT2D eigenvalue weighted by molar-refractivity contribution is -0.145. The van der Waals surface area contributed by atoms with Crippen molar-refractivity contribution in [2.75, 3.05) is 13.2 Å². The van der Waals surface area contributed by atoms with Crippen molar-refractivity contribution in [2.45, 2.75) is 13.5 Å². The molecular formula is C22H18N2O5S. The van der Waals surface area contributed by atoms with E-state index in [1.54, 1.807) is 61.5 Å². The molecule has 0 aliphatic carbocycles. The maximum absolute atomic E-state index is 12.8. The third kappa shape index (κ3) is 4.88. The molecule has 2 amide bonds. The van der Waals surface area contributed by atoms with Gasteiger partial charge in [0, 0.05) is 5.56 Å². The van der Waals surface area contributed by atoms with Gasteiger partial charge in [0.25, 0.3) is 11.1 Å². The number of hydrogen-bond acceptors (Lipinski definition) is 7. The van der Waals surface area contributed by atoms with Gasteiger partial charge in [0.2, 0.25) is 0 Å². The van der Waals surface area contributed by atoms with Crippen molar-refractivity contribution in [1.29, 1.82) is 5.26 Å². The molecule has 2 aromatic carbocycles. The van der Waals surface area contributed by atoms with Crippen LogP contribution >= 0.6 is 11.8 Å². The number of esters is 1. The first-order valence-corrected chi connectivity index (χ1v) is 9.96. The van der Waals surface area contributed by atoms with Crippen LogP contribution in [0, 0.1) is 11.3 Å². The molecule has 152 valence electrons. The third-order valence-electron chi connectivity index (χ3n) is 4.20. The molecule has 8 heteroatoms. The SMILES string of the molecule is CCOC(=O)COc1ccccc1/C=C1/SC(=O)N(Cc2ccccc2C#N)C1=O. The average molecular weight is 422 g/mol. The van der Waals surface area contributed by atoms with E-state index in [2.05, 4.69) is 6.07 Å². The van der Waals surface area contributed by atoms with Crippen LogP contribution in [0.3, 0.4) is 0 Å². The molecule has 1 heterocycles. The summed E-state index contributed by atoms with van der Waals surface area (Å²) in [6.45, 7) is 1.72. The van der Waals surface area contributed by atoms with E-state index in [0.717, 1.165) is 16.7 Å². The van der Waals surface area contributed by atoms with Crippen molar-refractivity contribution in [3.05, 3.63) is 70.1 Å². The second-order valence-electron chi connectivity index (χ2n) is 6.17. The largest absolute Gasteiger partial charge is 0.481 e. The first kappa shape index (κ1) is 21.1. The summed E-state index contributed by atoms with van der Waals surface area (Å²) in [6, 6.07) is 15.8. The number of hydrogen-bond donors (Lipinski definition) is 0. The van der Waals surface area contributed by atoms with Crippen molar-refractivity contribution in [1.82, 2.24) is 4.90 Å². The minimum atomic E-state index is -0.496. The predicted octanol–water partition coefficient (Wildman–Crippen LogP) is 3.74. The Kier molecular flexibility index (Phi) is 6.88. The van der Waals surface area contributed by atoms with Gasteiger partial charge in [-0.3, -0.25) is 14.5 Å². The monoisotopic (exact) mass is 422 g/mol. The second-order valence-corrected chi connectivity index (χ2v) is 7.16. The van der Waals surface area contributed by atoms with E-state index in [-0.39, 0.29) is 24.7 Å². The van der Waals surface area contributed by atoms with Gasteiger partial charge in [0.15, 0.2) is 6.61 Å². The minimum Gasteiger partial charge on any atom is -0.481 e. The van der Waals surface area contributed by atoms with E-state index in [9.17, 15) is 19.6 Å². The van der Waals surface area contributed by atoms with Crippen molar-refractivity contribution in [2.24, 2.45) is 0 Å². The van der Waals surface area contributed by atoms with Gasteiger partial charge in [-0.15, -0.1) is 0 Å². The van der Waals surface area contributed by atoms with Crippen LogP contribution in [-0.2, 0) is 20.9 Å². The van der Waals surface area contributed by atoms with E-state index in [0.29, 0.717) is 22.4 Å². The molecule has 1 aliphatic rings. The summed E-state index contributed by atoms with van der Waals surface area (Å²) in [6.07, 6.45) is 1.56. The van der Waals surface area contributed by atoms with Gasteiger partial charge in [-0.2, -0.15) is 5.26 Å². The molecule has 0 N–H and O–H groups in total. The lowest BCUT2D eigenvalue weighted by Gasteiger charge is -2.13. The lowest BCUT2D eigenvalue weighted by Crippen LogP contribution is -2.27. The number of benzene rings is 2. The molecule has 0 unspecified atom stereocenters. The predicted molar refractivity (Wildman–Crippen MR) is 111 cm³/mol. The summed E-state index contributed by atoms with van der Waals surface area (Å²) >= 11 is 0.819. The highest BCUT2D eigenvalue weighted by atomic mass is 32.2. The first-order valence-electron chi connectivity index (χ1n) is 9.14. The van der Waals surface area contributed by atoms with Gasteiger partial charge in [0.05, 0.1) is 29.7 Å². The molecule has 1 fully saturated rings. The van der Waals surface area contributed by atoms with Crippen LogP contribution in [0.1, 0.15) is 23.6 Å². The Bertz CT molecular complexity index is 1060.